The molecule has 0 spiro atoms. The average Bonchev–Trinajstić information content (AvgIpc) is 3.72. The van der Waals surface area contributed by atoms with Crippen molar-refractivity contribution in [1.29, 1.82) is 0 Å². The Kier molecular flexibility index (Phi) is 7.96. The van der Waals surface area contributed by atoms with Gasteiger partial charge >= 0.3 is 5.69 Å². The van der Waals surface area contributed by atoms with E-state index in [1.54, 1.807) is 37.1 Å². The molecule has 1 saturated heterocycles. The van der Waals surface area contributed by atoms with Crippen LogP contribution in [0.2, 0.25) is 0 Å². The quantitative estimate of drug-likeness (QED) is 0.325. The van der Waals surface area contributed by atoms with Gasteiger partial charge in [0.1, 0.15) is 33.5 Å². The number of aryl methyl sites for hydroxylation is 1. The standard InChI is InChI=1S/C30H34FN5O6S/c1-17-25-27(39)36(22-11-14-33(2)26(22)38)30(40)34(29(25)43-28(17)35-13-4-12-32-35)16-24(42-20-8-6-19(37)7-9-20)21-15-18(31)5-10-23(21)41-3/h4-5,10,12-13,15,19-20,22,24,37H,6-9,11,14,16H2,1-3H3/t19?,20?,22-,24?/m0/s1. The molecule has 0 radical (unpaired) electrons. The van der Waals surface area contributed by atoms with Crippen molar-refractivity contribution in [3.8, 4) is 10.8 Å². The molecule has 2 atom stereocenters. The summed E-state index contributed by atoms with van der Waals surface area (Å²) in [6, 6.07) is 4.98. The second kappa shape index (κ2) is 11.7. The lowest BCUT2D eigenvalue weighted by Gasteiger charge is -2.31. The molecule has 3 aromatic heterocycles. The minimum Gasteiger partial charge on any atom is -0.496 e. The van der Waals surface area contributed by atoms with Crippen LogP contribution >= 0.6 is 11.3 Å². The second-order valence-corrected chi connectivity index (χ2v) is 12.2. The highest BCUT2D eigenvalue weighted by atomic mass is 32.1. The first-order valence-electron chi connectivity index (χ1n) is 14.4. The maximum Gasteiger partial charge on any atom is 0.332 e. The van der Waals surface area contributed by atoms with Crippen molar-refractivity contribution in [2.75, 3.05) is 20.7 Å². The third-order valence-corrected chi connectivity index (χ3v) is 9.83. The van der Waals surface area contributed by atoms with Crippen LogP contribution in [-0.4, -0.2) is 67.7 Å². The van der Waals surface area contributed by atoms with Crippen LogP contribution in [0.25, 0.3) is 15.2 Å². The summed E-state index contributed by atoms with van der Waals surface area (Å²) >= 11 is 1.25. The first-order valence-corrected chi connectivity index (χ1v) is 15.2. The largest absolute Gasteiger partial charge is 0.496 e. The average molecular weight is 612 g/mol. The summed E-state index contributed by atoms with van der Waals surface area (Å²) in [4.78, 5) is 43.4. The van der Waals surface area contributed by atoms with E-state index in [1.165, 1.54) is 46.1 Å². The fraction of sp³-hybridized carbons (Fsp3) is 0.467. The van der Waals surface area contributed by atoms with Crippen LogP contribution in [0.5, 0.6) is 5.75 Å². The van der Waals surface area contributed by atoms with Gasteiger partial charge in [0, 0.05) is 37.1 Å². The van der Waals surface area contributed by atoms with E-state index in [9.17, 15) is 23.9 Å². The maximum absolute atomic E-state index is 14.7. The van der Waals surface area contributed by atoms with Gasteiger partial charge < -0.3 is 19.5 Å². The first kappa shape index (κ1) is 29.3. The molecule has 1 amide bonds. The third kappa shape index (κ3) is 5.30. The van der Waals surface area contributed by atoms with E-state index in [0.717, 1.165) is 4.57 Å². The van der Waals surface area contributed by atoms with E-state index in [0.29, 0.717) is 70.7 Å². The van der Waals surface area contributed by atoms with Gasteiger partial charge in [-0.25, -0.2) is 18.4 Å². The van der Waals surface area contributed by atoms with Gasteiger partial charge in [-0.1, -0.05) is 11.3 Å². The van der Waals surface area contributed by atoms with Crippen molar-refractivity contribution in [3.05, 3.63) is 74.4 Å². The molecule has 13 heteroatoms. The molecular formula is C30H34FN5O6S. The zero-order valence-electron chi connectivity index (χ0n) is 24.2. The van der Waals surface area contributed by atoms with Crippen LogP contribution < -0.4 is 16.0 Å². The SMILES string of the molecule is COc1ccc(F)cc1C(Cn1c(=O)n([C@H]2CCN(C)C2=O)c(=O)c2c(C)c(-n3cccn3)sc21)OC1CCC(O)CC1. The monoisotopic (exact) mass is 611 g/mol. The lowest BCUT2D eigenvalue weighted by molar-refractivity contribution is -0.129. The smallest absolute Gasteiger partial charge is 0.332 e. The molecule has 1 saturated carbocycles. The number of ether oxygens (including phenoxy) is 2. The number of fused-ring (bicyclic) bond motifs is 1. The van der Waals surface area contributed by atoms with Crippen molar-refractivity contribution in [2.45, 2.75) is 69.9 Å². The number of nitrogens with zero attached hydrogens (tertiary/aromatic N) is 5. The highest BCUT2D eigenvalue weighted by molar-refractivity contribution is 7.21. The van der Waals surface area contributed by atoms with E-state index in [-0.39, 0.29) is 18.6 Å². The van der Waals surface area contributed by atoms with Crippen LogP contribution in [0.3, 0.4) is 0 Å². The molecule has 4 heterocycles. The number of carbonyl (C=O) groups is 1. The van der Waals surface area contributed by atoms with E-state index < -0.39 is 35.3 Å². The normalized spacial score (nSPS) is 21.6. The number of aliphatic hydroxyl groups is 1. The van der Waals surface area contributed by atoms with E-state index in [4.69, 9.17) is 9.47 Å². The first-order chi connectivity index (χ1) is 20.7. The fourth-order valence-corrected chi connectivity index (χ4v) is 7.44. The number of methoxy groups -OCH3 is 1. The van der Waals surface area contributed by atoms with Gasteiger partial charge in [0.25, 0.3) is 5.56 Å². The van der Waals surface area contributed by atoms with Gasteiger partial charge in [-0.2, -0.15) is 5.10 Å². The van der Waals surface area contributed by atoms with E-state index in [2.05, 4.69) is 5.10 Å². The minimum absolute atomic E-state index is 0.0657. The summed E-state index contributed by atoms with van der Waals surface area (Å²) in [6.07, 6.45) is 4.58. The Bertz CT molecular complexity index is 1770. The molecule has 11 nitrogen and oxygen atoms in total. The van der Waals surface area contributed by atoms with E-state index in [1.807, 2.05) is 0 Å². The van der Waals surface area contributed by atoms with Gasteiger partial charge in [0.05, 0.1) is 31.2 Å². The predicted molar refractivity (Wildman–Crippen MR) is 159 cm³/mol. The maximum atomic E-state index is 14.7. The van der Waals surface area contributed by atoms with Gasteiger partial charge in [-0.05, 0) is 63.3 Å². The zero-order valence-corrected chi connectivity index (χ0v) is 25.1. The number of benzene rings is 1. The minimum atomic E-state index is -0.934. The van der Waals surface area contributed by atoms with Crippen LogP contribution in [0, 0.1) is 12.7 Å². The number of carbonyl (C=O) groups excluding carboxylic acids is 1. The number of thiophene rings is 1. The molecule has 1 aliphatic heterocycles. The van der Waals surface area contributed by atoms with Crippen LogP contribution in [0.1, 0.15) is 55.4 Å². The lowest BCUT2D eigenvalue weighted by Crippen LogP contribution is -2.45. The van der Waals surface area contributed by atoms with Crippen LogP contribution in [0.4, 0.5) is 4.39 Å². The molecule has 1 N–H and O–H groups in total. The summed E-state index contributed by atoms with van der Waals surface area (Å²) in [5.74, 6) is -0.392. The number of likely N-dealkylation sites (tertiary alicyclic amines) is 1. The van der Waals surface area contributed by atoms with Crippen molar-refractivity contribution in [3.63, 3.8) is 0 Å². The number of rotatable bonds is 8. The molecule has 1 unspecified atom stereocenters. The second-order valence-electron chi connectivity index (χ2n) is 11.2. The Morgan fingerprint density at radius 3 is 2.58 bits per heavy atom. The number of hydrogen-bond donors (Lipinski definition) is 1. The Labute approximate surface area is 250 Å². The zero-order chi connectivity index (χ0) is 30.4. The molecular weight excluding hydrogens is 577 g/mol. The van der Waals surface area contributed by atoms with Gasteiger partial charge in [0.2, 0.25) is 5.91 Å². The molecule has 2 aliphatic rings. The Balaban J connectivity index is 1.55. The fourth-order valence-electron chi connectivity index (χ4n) is 6.19. The Hall–Kier alpha value is -3.81. The summed E-state index contributed by atoms with van der Waals surface area (Å²) in [5, 5.41) is 15.4. The van der Waals surface area contributed by atoms with Gasteiger partial charge in [-0.15, -0.1) is 0 Å². The highest BCUT2D eigenvalue weighted by Crippen LogP contribution is 2.36. The number of likely N-dealkylation sites (N-methyl/N-ethyl adjacent to an activating group) is 1. The molecule has 0 bridgehead atoms. The van der Waals surface area contributed by atoms with Gasteiger partial charge in [0.15, 0.2) is 0 Å². The van der Waals surface area contributed by atoms with Crippen molar-refractivity contribution in [1.82, 2.24) is 23.8 Å². The summed E-state index contributed by atoms with van der Waals surface area (Å²) in [6.45, 7) is 2.16. The molecule has 6 rings (SSSR count). The Morgan fingerprint density at radius 1 is 1.16 bits per heavy atom. The molecule has 1 aromatic carbocycles. The third-order valence-electron chi connectivity index (χ3n) is 8.53. The molecule has 43 heavy (non-hydrogen) atoms. The van der Waals surface area contributed by atoms with Crippen molar-refractivity contribution in [2.24, 2.45) is 0 Å². The molecule has 4 aromatic rings. The summed E-state index contributed by atoms with van der Waals surface area (Å²) < 4.78 is 31.0. The molecule has 1 aliphatic carbocycles. The predicted octanol–water partition coefficient (Wildman–Crippen LogP) is 3.33. The highest BCUT2D eigenvalue weighted by Gasteiger charge is 2.36. The molecule has 2 fully saturated rings. The summed E-state index contributed by atoms with van der Waals surface area (Å²) in [7, 11) is 3.13. The molecule has 228 valence electrons. The number of amides is 1. The number of halogens is 1. The van der Waals surface area contributed by atoms with Crippen LogP contribution in [-0.2, 0) is 16.1 Å². The van der Waals surface area contributed by atoms with Crippen molar-refractivity contribution < 1.29 is 23.8 Å². The topological polar surface area (TPSA) is 121 Å². The Morgan fingerprint density at radius 2 is 1.93 bits per heavy atom. The summed E-state index contributed by atoms with van der Waals surface area (Å²) in [5.41, 5.74) is -0.109. The van der Waals surface area contributed by atoms with Crippen LogP contribution in [0.15, 0.2) is 46.2 Å². The van der Waals surface area contributed by atoms with Crippen molar-refractivity contribution >= 4 is 27.5 Å². The lowest BCUT2D eigenvalue weighted by atomic mass is 9.94. The number of hydrogen-bond acceptors (Lipinski definition) is 8. The number of aliphatic hydroxyl groups excluding tert-OH is 1. The van der Waals surface area contributed by atoms with E-state index >= 15 is 0 Å². The van der Waals surface area contributed by atoms with Gasteiger partial charge in [-0.3, -0.25) is 14.2 Å². The number of aromatic nitrogens is 4.